The second-order valence-electron chi connectivity index (χ2n) is 4.36. The number of anilines is 1. The van der Waals surface area contributed by atoms with Crippen LogP contribution in [-0.4, -0.2) is 21.9 Å². The minimum atomic E-state index is 0.719. The van der Waals surface area contributed by atoms with E-state index in [0.29, 0.717) is 0 Å². The van der Waals surface area contributed by atoms with Crippen molar-refractivity contribution in [1.82, 2.24) is 14.8 Å². The first-order valence-electron chi connectivity index (χ1n) is 6.17. The monoisotopic (exact) mass is 266 g/mol. The molecule has 20 heavy (non-hydrogen) atoms. The molecule has 0 radical (unpaired) electrons. The van der Waals surface area contributed by atoms with Crippen LogP contribution in [0.15, 0.2) is 55.0 Å². The first-order chi connectivity index (χ1) is 9.76. The molecule has 0 fully saturated rings. The van der Waals surface area contributed by atoms with E-state index in [2.05, 4.69) is 10.1 Å². The fraction of sp³-hybridized carbons (Fsp3) is 0.0667. The standard InChI is InChI=1S/C15H14N4O/c1-20-14-5-6-15(17-9-14)19-10-12(8-18-19)11-3-2-4-13(16)7-11/h2-10H,16H2,1H3. The van der Waals surface area contributed by atoms with Crippen LogP contribution in [0.5, 0.6) is 5.75 Å². The Hall–Kier alpha value is -2.82. The van der Waals surface area contributed by atoms with Gasteiger partial charge in [-0.3, -0.25) is 0 Å². The SMILES string of the molecule is COc1ccc(-n2cc(-c3cccc(N)c3)cn2)nc1. The summed E-state index contributed by atoms with van der Waals surface area (Å²) in [5, 5.41) is 4.32. The molecule has 0 aliphatic rings. The first kappa shape index (κ1) is 12.2. The van der Waals surface area contributed by atoms with Crippen LogP contribution in [0.1, 0.15) is 0 Å². The van der Waals surface area contributed by atoms with Crippen molar-refractivity contribution < 1.29 is 4.74 Å². The third-order valence-corrected chi connectivity index (χ3v) is 2.99. The molecule has 0 atom stereocenters. The summed E-state index contributed by atoms with van der Waals surface area (Å²) in [6.45, 7) is 0. The molecule has 0 spiro atoms. The quantitative estimate of drug-likeness (QED) is 0.740. The van der Waals surface area contributed by atoms with Gasteiger partial charge in [-0.1, -0.05) is 12.1 Å². The van der Waals surface area contributed by atoms with Gasteiger partial charge in [-0.05, 0) is 29.8 Å². The van der Waals surface area contributed by atoms with Gasteiger partial charge in [0.1, 0.15) is 5.75 Å². The zero-order valence-corrected chi connectivity index (χ0v) is 11.0. The van der Waals surface area contributed by atoms with E-state index >= 15 is 0 Å². The zero-order chi connectivity index (χ0) is 13.9. The number of aromatic nitrogens is 3. The Kier molecular flexibility index (Phi) is 3.09. The van der Waals surface area contributed by atoms with E-state index in [1.54, 1.807) is 24.2 Å². The average Bonchev–Trinajstić information content (AvgIpc) is 2.97. The second-order valence-corrected chi connectivity index (χ2v) is 4.36. The predicted molar refractivity (Wildman–Crippen MR) is 77.8 cm³/mol. The lowest BCUT2D eigenvalue weighted by Gasteiger charge is -2.02. The molecule has 5 heteroatoms. The summed E-state index contributed by atoms with van der Waals surface area (Å²) in [4.78, 5) is 4.30. The number of nitrogens with zero attached hydrogens (tertiary/aromatic N) is 3. The van der Waals surface area contributed by atoms with E-state index in [1.165, 1.54) is 0 Å². The lowest BCUT2D eigenvalue weighted by atomic mass is 10.1. The molecule has 0 bridgehead atoms. The molecule has 2 N–H and O–H groups in total. The third kappa shape index (κ3) is 2.33. The van der Waals surface area contributed by atoms with Gasteiger partial charge in [0.2, 0.25) is 0 Å². The van der Waals surface area contributed by atoms with Gasteiger partial charge in [0, 0.05) is 17.4 Å². The Labute approximate surface area is 116 Å². The van der Waals surface area contributed by atoms with Crippen molar-refractivity contribution in [2.24, 2.45) is 0 Å². The van der Waals surface area contributed by atoms with Crippen LogP contribution in [0.25, 0.3) is 16.9 Å². The number of hydrogen-bond donors (Lipinski definition) is 1. The number of ether oxygens (including phenoxy) is 1. The Morgan fingerprint density at radius 2 is 2.00 bits per heavy atom. The molecule has 1 aromatic carbocycles. The number of benzene rings is 1. The molecule has 0 saturated carbocycles. The molecule has 0 amide bonds. The molecule has 0 aliphatic heterocycles. The Balaban J connectivity index is 1.93. The van der Waals surface area contributed by atoms with Crippen molar-refractivity contribution in [2.75, 3.05) is 12.8 Å². The largest absolute Gasteiger partial charge is 0.495 e. The summed E-state index contributed by atoms with van der Waals surface area (Å²) >= 11 is 0. The van der Waals surface area contributed by atoms with Crippen LogP contribution in [0.2, 0.25) is 0 Å². The zero-order valence-electron chi connectivity index (χ0n) is 11.0. The molecule has 3 aromatic rings. The number of nitrogen functional groups attached to an aromatic ring is 1. The van der Waals surface area contributed by atoms with Crippen molar-refractivity contribution in [3.63, 3.8) is 0 Å². The summed E-state index contributed by atoms with van der Waals surface area (Å²) in [6.07, 6.45) is 5.38. The molecule has 3 rings (SSSR count). The normalized spacial score (nSPS) is 10.4. The Bertz CT molecular complexity index is 719. The van der Waals surface area contributed by atoms with E-state index in [4.69, 9.17) is 10.5 Å². The van der Waals surface area contributed by atoms with E-state index in [1.807, 2.05) is 42.6 Å². The van der Waals surface area contributed by atoms with Crippen LogP contribution >= 0.6 is 0 Å². The molecule has 5 nitrogen and oxygen atoms in total. The van der Waals surface area contributed by atoms with Gasteiger partial charge in [-0.15, -0.1) is 0 Å². The summed E-state index contributed by atoms with van der Waals surface area (Å²) in [7, 11) is 1.61. The van der Waals surface area contributed by atoms with Gasteiger partial charge < -0.3 is 10.5 Å². The van der Waals surface area contributed by atoms with Gasteiger partial charge in [-0.2, -0.15) is 5.10 Å². The number of methoxy groups -OCH3 is 1. The highest BCUT2D eigenvalue weighted by molar-refractivity contribution is 5.66. The van der Waals surface area contributed by atoms with Crippen LogP contribution in [0.3, 0.4) is 0 Å². The summed E-state index contributed by atoms with van der Waals surface area (Å²) < 4.78 is 6.81. The molecule has 0 aliphatic carbocycles. The topological polar surface area (TPSA) is 66.0 Å². The maximum Gasteiger partial charge on any atom is 0.153 e. The van der Waals surface area contributed by atoms with Crippen LogP contribution in [0.4, 0.5) is 5.69 Å². The fourth-order valence-electron chi connectivity index (χ4n) is 1.94. The van der Waals surface area contributed by atoms with Gasteiger partial charge in [0.15, 0.2) is 5.82 Å². The highest BCUT2D eigenvalue weighted by Crippen LogP contribution is 2.22. The third-order valence-electron chi connectivity index (χ3n) is 2.99. The van der Waals surface area contributed by atoms with E-state index in [9.17, 15) is 0 Å². The lowest BCUT2D eigenvalue weighted by Crippen LogP contribution is -1.97. The van der Waals surface area contributed by atoms with Crippen molar-refractivity contribution in [2.45, 2.75) is 0 Å². The maximum atomic E-state index is 5.79. The summed E-state index contributed by atoms with van der Waals surface area (Å²) in [6, 6.07) is 11.4. The second kappa shape index (κ2) is 5.05. The van der Waals surface area contributed by atoms with Gasteiger partial charge in [0.05, 0.1) is 19.5 Å². The Morgan fingerprint density at radius 1 is 1.10 bits per heavy atom. The van der Waals surface area contributed by atoms with Crippen LogP contribution in [-0.2, 0) is 0 Å². The minimum Gasteiger partial charge on any atom is -0.495 e. The number of nitrogens with two attached hydrogens (primary N) is 1. The van der Waals surface area contributed by atoms with Crippen molar-refractivity contribution in [3.05, 3.63) is 55.0 Å². The molecule has 2 heterocycles. The van der Waals surface area contributed by atoms with Gasteiger partial charge in [-0.25, -0.2) is 9.67 Å². The minimum absolute atomic E-state index is 0.719. The van der Waals surface area contributed by atoms with Gasteiger partial charge in [0.25, 0.3) is 0 Å². The number of pyridine rings is 1. The van der Waals surface area contributed by atoms with E-state index in [-0.39, 0.29) is 0 Å². The molecule has 100 valence electrons. The first-order valence-corrected chi connectivity index (χ1v) is 6.17. The average molecular weight is 266 g/mol. The lowest BCUT2D eigenvalue weighted by molar-refractivity contribution is 0.412. The van der Waals surface area contributed by atoms with Crippen molar-refractivity contribution in [3.8, 4) is 22.7 Å². The predicted octanol–water partition coefficient (Wildman–Crippen LogP) is 2.53. The summed E-state index contributed by atoms with van der Waals surface area (Å²) in [5.41, 5.74) is 8.55. The smallest absolute Gasteiger partial charge is 0.153 e. The highest BCUT2D eigenvalue weighted by Gasteiger charge is 2.05. The molecular weight excluding hydrogens is 252 g/mol. The number of rotatable bonds is 3. The van der Waals surface area contributed by atoms with E-state index < -0.39 is 0 Å². The maximum absolute atomic E-state index is 5.79. The van der Waals surface area contributed by atoms with Crippen LogP contribution < -0.4 is 10.5 Å². The van der Waals surface area contributed by atoms with Crippen molar-refractivity contribution >= 4 is 5.69 Å². The Morgan fingerprint density at radius 3 is 2.70 bits per heavy atom. The van der Waals surface area contributed by atoms with Crippen molar-refractivity contribution in [1.29, 1.82) is 0 Å². The molecule has 2 aromatic heterocycles. The summed E-state index contributed by atoms with van der Waals surface area (Å²) in [5.74, 6) is 1.46. The molecular formula is C15H14N4O. The molecule has 0 unspecified atom stereocenters. The van der Waals surface area contributed by atoms with Crippen LogP contribution in [0, 0.1) is 0 Å². The van der Waals surface area contributed by atoms with Gasteiger partial charge >= 0.3 is 0 Å². The fourth-order valence-corrected chi connectivity index (χ4v) is 1.94. The highest BCUT2D eigenvalue weighted by atomic mass is 16.5. The molecule has 0 saturated heterocycles. The number of hydrogen-bond acceptors (Lipinski definition) is 4. The van der Waals surface area contributed by atoms with E-state index in [0.717, 1.165) is 28.4 Å².